The van der Waals surface area contributed by atoms with Crippen LogP contribution in [0.4, 0.5) is 5.69 Å². The Hall–Kier alpha value is -2.75. The highest BCUT2D eigenvalue weighted by atomic mass is 32.2. The molecule has 1 amide bonds. The first-order valence-corrected chi connectivity index (χ1v) is 12.2. The van der Waals surface area contributed by atoms with Crippen LogP contribution in [0, 0.1) is 6.92 Å². The van der Waals surface area contributed by atoms with Gasteiger partial charge in [-0.05, 0) is 56.7 Å². The second-order valence-electron chi connectivity index (χ2n) is 7.07. The van der Waals surface area contributed by atoms with E-state index in [-0.39, 0.29) is 23.5 Å². The summed E-state index contributed by atoms with van der Waals surface area (Å²) in [6, 6.07) is 13.3. The molecule has 164 valence electrons. The van der Waals surface area contributed by atoms with Crippen LogP contribution >= 0.6 is 11.3 Å². The Balaban J connectivity index is 1.56. The number of sulfonamides is 1. The highest BCUT2D eigenvalue weighted by Crippen LogP contribution is 2.24. The van der Waals surface area contributed by atoms with Crippen molar-refractivity contribution in [3.63, 3.8) is 0 Å². The summed E-state index contributed by atoms with van der Waals surface area (Å²) >= 11 is 1.57. The van der Waals surface area contributed by atoms with Gasteiger partial charge in [-0.15, -0.1) is 11.3 Å². The summed E-state index contributed by atoms with van der Waals surface area (Å²) in [4.78, 5) is 16.9. The summed E-state index contributed by atoms with van der Waals surface area (Å²) < 4.78 is 32.7. The molecule has 1 aromatic heterocycles. The van der Waals surface area contributed by atoms with Gasteiger partial charge in [0.1, 0.15) is 5.75 Å². The van der Waals surface area contributed by atoms with Crippen molar-refractivity contribution in [3.05, 3.63) is 58.9 Å². The fraction of sp³-hybridized carbons (Fsp3) is 0.273. The normalized spacial score (nSPS) is 12.4. The molecule has 0 radical (unpaired) electrons. The number of nitrogens with zero attached hydrogens (tertiary/aromatic N) is 1. The smallest absolute Gasteiger partial charge is 0.262 e. The van der Waals surface area contributed by atoms with Crippen LogP contribution in [-0.4, -0.2) is 32.0 Å². The number of thiazole rings is 1. The van der Waals surface area contributed by atoms with Gasteiger partial charge in [-0.2, -0.15) is 0 Å². The Morgan fingerprint density at radius 3 is 2.58 bits per heavy atom. The second-order valence-corrected chi connectivity index (χ2v) is 9.85. The van der Waals surface area contributed by atoms with Crippen molar-refractivity contribution >= 4 is 33.0 Å². The number of carbonyl (C=O) groups is 1. The molecular weight excluding hydrogens is 434 g/mol. The van der Waals surface area contributed by atoms with Crippen LogP contribution in [0.1, 0.15) is 25.3 Å². The first-order valence-electron chi connectivity index (χ1n) is 9.84. The highest BCUT2D eigenvalue weighted by molar-refractivity contribution is 7.89. The summed E-state index contributed by atoms with van der Waals surface area (Å²) in [6.45, 7) is 5.46. The highest BCUT2D eigenvalue weighted by Gasteiger charge is 2.16. The van der Waals surface area contributed by atoms with E-state index in [0.717, 1.165) is 16.3 Å². The van der Waals surface area contributed by atoms with E-state index < -0.39 is 10.0 Å². The molecule has 7 nitrogen and oxygen atoms in total. The van der Waals surface area contributed by atoms with Crippen molar-refractivity contribution in [3.8, 4) is 17.0 Å². The van der Waals surface area contributed by atoms with E-state index in [1.165, 1.54) is 24.3 Å². The second kappa shape index (κ2) is 10.0. The lowest BCUT2D eigenvalue weighted by molar-refractivity contribution is -0.118. The number of rotatable bonds is 9. The third-order valence-electron chi connectivity index (χ3n) is 4.53. The van der Waals surface area contributed by atoms with E-state index >= 15 is 0 Å². The number of aryl methyl sites for hydroxylation is 1. The number of hydrogen-bond acceptors (Lipinski definition) is 6. The SMILES string of the molecule is CC[C@@H](C)NS(=O)(=O)c1ccc(OCC(=O)Nc2cccc(-c3csc(C)n3)c2)cc1. The zero-order valence-electron chi connectivity index (χ0n) is 17.6. The third-order valence-corrected chi connectivity index (χ3v) is 6.91. The molecule has 2 N–H and O–H groups in total. The lowest BCUT2D eigenvalue weighted by Gasteiger charge is -2.12. The van der Waals surface area contributed by atoms with Gasteiger partial charge in [0, 0.05) is 22.7 Å². The largest absolute Gasteiger partial charge is 0.484 e. The fourth-order valence-electron chi connectivity index (χ4n) is 2.73. The minimum atomic E-state index is -3.58. The molecule has 0 saturated heterocycles. The molecule has 1 atom stereocenters. The van der Waals surface area contributed by atoms with E-state index in [1.807, 2.05) is 37.4 Å². The van der Waals surface area contributed by atoms with Crippen molar-refractivity contribution in [2.45, 2.75) is 38.1 Å². The first-order chi connectivity index (χ1) is 14.8. The summed E-state index contributed by atoms with van der Waals surface area (Å²) in [5, 5.41) is 5.75. The minimum absolute atomic E-state index is 0.150. The van der Waals surface area contributed by atoms with Gasteiger partial charge in [-0.1, -0.05) is 19.1 Å². The molecule has 2 aromatic carbocycles. The van der Waals surface area contributed by atoms with Gasteiger partial charge in [0.2, 0.25) is 10.0 Å². The maximum Gasteiger partial charge on any atom is 0.262 e. The summed E-state index contributed by atoms with van der Waals surface area (Å²) in [5.41, 5.74) is 2.44. The molecular formula is C22H25N3O4S2. The van der Waals surface area contributed by atoms with Gasteiger partial charge in [0.05, 0.1) is 15.6 Å². The predicted molar refractivity (Wildman–Crippen MR) is 123 cm³/mol. The molecule has 0 saturated carbocycles. The number of nitrogens with one attached hydrogen (secondary N) is 2. The molecule has 0 unspecified atom stereocenters. The summed E-state index contributed by atoms with van der Waals surface area (Å²) in [7, 11) is -3.58. The van der Waals surface area contributed by atoms with Crippen LogP contribution in [0.15, 0.2) is 58.8 Å². The van der Waals surface area contributed by atoms with E-state index in [2.05, 4.69) is 15.0 Å². The van der Waals surface area contributed by atoms with E-state index in [1.54, 1.807) is 24.3 Å². The standard InChI is InChI=1S/C22H25N3O4S2/c1-4-15(2)25-31(27,28)20-10-8-19(9-11-20)29-13-22(26)24-18-7-5-6-17(12-18)21-14-30-16(3)23-21/h5-12,14-15,25H,4,13H2,1-3H3,(H,24,26)/t15-/m1/s1. The van der Waals surface area contributed by atoms with Crippen LogP contribution in [0.5, 0.6) is 5.75 Å². The van der Waals surface area contributed by atoms with Gasteiger partial charge in [-0.3, -0.25) is 4.79 Å². The molecule has 0 bridgehead atoms. The van der Waals surface area contributed by atoms with Crippen molar-refractivity contribution < 1.29 is 17.9 Å². The van der Waals surface area contributed by atoms with E-state index in [0.29, 0.717) is 17.9 Å². The number of carbonyl (C=O) groups excluding carboxylic acids is 1. The Kier molecular flexibility index (Phi) is 7.42. The van der Waals surface area contributed by atoms with Crippen LogP contribution in [0.25, 0.3) is 11.3 Å². The summed E-state index contributed by atoms with van der Waals surface area (Å²) in [5.74, 6) is 0.0890. The van der Waals surface area contributed by atoms with Crippen LogP contribution in [0.3, 0.4) is 0 Å². The van der Waals surface area contributed by atoms with Crippen LogP contribution in [-0.2, 0) is 14.8 Å². The van der Waals surface area contributed by atoms with Gasteiger partial charge in [0.15, 0.2) is 6.61 Å². The number of amides is 1. The maximum absolute atomic E-state index is 12.3. The Labute approximate surface area is 186 Å². The van der Waals surface area contributed by atoms with Crippen molar-refractivity contribution in [2.75, 3.05) is 11.9 Å². The number of benzene rings is 2. The number of ether oxygens (including phenoxy) is 1. The third kappa shape index (κ3) is 6.36. The average Bonchev–Trinajstić information content (AvgIpc) is 3.19. The van der Waals surface area contributed by atoms with Crippen LogP contribution in [0.2, 0.25) is 0 Å². The van der Waals surface area contributed by atoms with E-state index in [4.69, 9.17) is 4.74 Å². The van der Waals surface area contributed by atoms with Gasteiger partial charge in [0.25, 0.3) is 5.91 Å². The molecule has 0 aliphatic carbocycles. The predicted octanol–water partition coefficient (Wildman–Crippen LogP) is 4.21. The molecule has 9 heteroatoms. The Morgan fingerprint density at radius 2 is 1.94 bits per heavy atom. The zero-order valence-corrected chi connectivity index (χ0v) is 19.2. The fourth-order valence-corrected chi connectivity index (χ4v) is 4.68. The van der Waals surface area contributed by atoms with Crippen molar-refractivity contribution in [2.24, 2.45) is 0 Å². The average molecular weight is 460 g/mol. The Bertz CT molecular complexity index is 1140. The minimum Gasteiger partial charge on any atom is -0.484 e. The lowest BCUT2D eigenvalue weighted by Crippen LogP contribution is -2.31. The topological polar surface area (TPSA) is 97.4 Å². The molecule has 0 aliphatic rings. The first kappa shape index (κ1) is 22.9. The zero-order chi connectivity index (χ0) is 22.4. The van der Waals surface area contributed by atoms with Crippen molar-refractivity contribution in [1.29, 1.82) is 0 Å². The van der Waals surface area contributed by atoms with E-state index in [9.17, 15) is 13.2 Å². The number of aromatic nitrogens is 1. The quantitative estimate of drug-likeness (QED) is 0.499. The molecule has 3 rings (SSSR count). The molecule has 31 heavy (non-hydrogen) atoms. The molecule has 3 aromatic rings. The molecule has 1 heterocycles. The monoisotopic (exact) mass is 459 g/mol. The maximum atomic E-state index is 12.3. The number of hydrogen-bond donors (Lipinski definition) is 2. The molecule has 0 spiro atoms. The van der Waals surface area contributed by atoms with Gasteiger partial charge >= 0.3 is 0 Å². The van der Waals surface area contributed by atoms with Gasteiger partial charge in [-0.25, -0.2) is 18.1 Å². The Morgan fingerprint density at radius 1 is 1.19 bits per heavy atom. The molecule has 0 fully saturated rings. The molecule has 0 aliphatic heterocycles. The van der Waals surface area contributed by atoms with Crippen molar-refractivity contribution in [1.82, 2.24) is 9.71 Å². The van der Waals surface area contributed by atoms with Gasteiger partial charge < -0.3 is 10.1 Å². The number of anilines is 1. The lowest BCUT2D eigenvalue weighted by atomic mass is 10.1. The summed E-state index contributed by atoms with van der Waals surface area (Å²) in [6.07, 6.45) is 0.696. The van der Waals surface area contributed by atoms with Crippen LogP contribution < -0.4 is 14.8 Å².